The molecule has 0 aromatic heterocycles. The normalized spacial score (nSPS) is 9.13. The lowest BCUT2D eigenvalue weighted by Gasteiger charge is -1.99. The van der Waals surface area contributed by atoms with Gasteiger partial charge in [0.1, 0.15) is 0 Å². The Hall–Kier alpha value is -2.03. The van der Waals surface area contributed by atoms with E-state index >= 15 is 0 Å². The lowest BCUT2D eigenvalue weighted by atomic mass is 10.1. The van der Waals surface area contributed by atoms with Crippen LogP contribution in [0, 0.1) is 6.92 Å². The van der Waals surface area contributed by atoms with Crippen molar-refractivity contribution in [1.82, 2.24) is 0 Å². The van der Waals surface area contributed by atoms with Crippen LogP contribution >= 0.6 is 0 Å². The largest absolute Gasteiger partial charge is 0.483 e. The van der Waals surface area contributed by atoms with Gasteiger partial charge in [0.2, 0.25) is 0 Å². The monoisotopic (exact) mass is 203 g/mol. The third-order valence-corrected chi connectivity index (χ3v) is 2.02. The predicted molar refractivity (Wildman–Crippen MR) is 61.8 cm³/mol. The van der Waals surface area contributed by atoms with Crippen molar-refractivity contribution in [2.45, 2.75) is 6.92 Å². The van der Waals surface area contributed by atoms with Gasteiger partial charge in [-0.15, -0.1) is 0 Å². The first-order valence-electron chi connectivity index (χ1n) is 4.51. The predicted octanol–water partition coefficient (Wildman–Crippen LogP) is 2.43. The van der Waals surface area contributed by atoms with Crippen LogP contribution in [-0.4, -0.2) is 11.6 Å². The molecule has 2 aromatic carbocycles. The number of hydrogen-bond acceptors (Lipinski definition) is 2. The van der Waals surface area contributed by atoms with E-state index in [2.05, 4.69) is 25.1 Å². The second-order valence-corrected chi connectivity index (χ2v) is 3.22. The van der Waals surface area contributed by atoms with E-state index in [1.54, 1.807) is 0 Å². The third kappa shape index (κ3) is 2.98. The summed E-state index contributed by atoms with van der Waals surface area (Å²) in [6.07, 6.45) is 0. The first kappa shape index (κ1) is 11.0. The SMILES string of the molecule is Cc1ccc2ccc(N)cc2c1.O=CO. The molecule has 0 unspecified atom stereocenters. The summed E-state index contributed by atoms with van der Waals surface area (Å²) in [7, 11) is 0. The molecule has 78 valence electrons. The van der Waals surface area contributed by atoms with E-state index in [9.17, 15) is 0 Å². The fourth-order valence-electron chi connectivity index (χ4n) is 1.38. The van der Waals surface area contributed by atoms with Crippen LogP contribution < -0.4 is 5.73 Å². The molecule has 3 nitrogen and oxygen atoms in total. The highest BCUT2D eigenvalue weighted by atomic mass is 16.3. The Morgan fingerprint density at radius 2 is 1.73 bits per heavy atom. The molecule has 0 atom stereocenters. The van der Waals surface area contributed by atoms with E-state index in [0.29, 0.717) is 0 Å². The number of carboxylic acid groups (broad SMARTS) is 1. The van der Waals surface area contributed by atoms with Crippen molar-refractivity contribution in [2.75, 3.05) is 5.73 Å². The van der Waals surface area contributed by atoms with E-state index in [-0.39, 0.29) is 6.47 Å². The number of hydrogen-bond donors (Lipinski definition) is 2. The number of carbonyl (C=O) groups is 1. The minimum absolute atomic E-state index is 0.250. The van der Waals surface area contributed by atoms with E-state index < -0.39 is 0 Å². The summed E-state index contributed by atoms with van der Waals surface area (Å²) in [6, 6.07) is 12.3. The van der Waals surface area contributed by atoms with Gasteiger partial charge in [-0.1, -0.05) is 29.8 Å². The maximum atomic E-state index is 8.36. The maximum Gasteiger partial charge on any atom is 0.290 e. The molecule has 0 radical (unpaired) electrons. The quantitative estimate of drug-likeness (QED) is 0.510. The molecular weight excluding hydrogens is 190 g/mol. The van der Waals surface area contributed by atoms with Gasteiger partial charge in [-0.3, -0.25) is 4.79 Å². The van der Waals surface area contributed by atoms with Gasteiger partial charge < -0.3 is 10.8 Å². The second-order valence-electron chi connectivity index (χ2n) is 3.22. The molecule has 3 heteroatoms. The molecule has 0 heterocycles. The van der Waals surface area contributed by atoms with Crippen LogP contribution in [0.1, 0.15) is 5.56 Å². The summed E-state index contributed by atoms with van der Waals surface area (Å²) in [5.74, 6) is 0. The smallest absolute Gasteiger partial charge is 0.290 e. The Morgan fingerprint density at radius 1 is 1.13 bits per heavy atom. The highest BCUT2D eigenvalue weighted by Crippen LogP contribution is 2.18. The molecule has 0 fully saturated rings. The van der Waals surface area contributed by atoms with E-state index in [0.717, 1.165) is 5.69 Å². The number of aryl methyl sites for hydroxylation is 1. The van der Waals surface area contributed by atoms with Crippen LogP contribution in [0.15, 0.2) is 36.4 Å². The van der Waals surface area contributed by atoms with Crippen molar-refractivity contribution in [1.29, 1.82) is 0 Å². The Balaban J connectivity index is 0.000000337. The van der Waals surface area contributed by atoms with Crippen LogP contribution in [-0.2, 0) is 4.79 Å². The maximum absolute atomic E-state index is 8.36. The fraction of sp³-hybridized carbons (Fsp3) is 0.0833. The summed E-state index contributed by atoms with van der Waals surface area (Å²) in [6.45, 7) is 1.84. The first-order chi connectivity index (χ1) is 7.17. The molecule has 0 aliphatic carbocycles. The van der Waals surface area contributed by atoms with Crippen LogP contribution in [0.2, 0.25) is 0 Å². The summed E-state index contributed by atoms with van der Waals surface area (Å²) < 4.78 is 0. The van der Waals surface area contributed by atoms with Gasteiger partial charge in [0.15, 0.2) is 0 Å². The number of benzene rings is 2. The zero-order valence-corrected chi connectivity index (χ0v) is 8.47. The molecule has 0 saturated heterocycles. The molecule has 2 rings (SSSR count). The minimum Gasteiger partial charge on any atom is -0.483 e. The highest BCUT2D eigenvalue weighted by Gasteiger charge is 1.93. The summed E-state index contributed by atoms with van der Waals surface area (Å²) in [5.41, 5.74) is 7.77. The van der Waals surface area contributed by atoms with Gasteiger partial charge in [0, 0.05) is 5.69 Å². The van der Waals surface area contributed by atoms with Crippen LogP contribution in [0.3, 0.4) is 0 Å². The topological polar surface area (TPSA) is 63.3 Å². The van der Waals surface area contributed by atoms with E-state index in [1.165, 1.54) is 16.3 Å². The standard InChI is InChI=1S/C11H11N.CH2O2/c1-8-2-3-9-4-5-11(12)7-10(9)6-8;2-1-3/h2-7H,12H2,1H3;1H,(H,2,3). The number of anilines is 1. The van der Waals surface area contributed by atoms with Crippen molar-refractivity contribution in [3.05, 3.63) is 42.0 Å². The molecule has 3 N–H and O–H groups in total. The fourth-order valence-corrected chi connectivity index (χ4v) is 1.38. The number of nitrogens with two attached hydrogens (primary N) is 1. The van der Waals surface area contributed by atoms with Crippen LogP contribution in [0.4, 0.5) is 5.69 Å². The van der Waals surface area contributed by atoms with Crippen molar-refractivity contribution < 1.29 is 9.90 Å². The number of rotatable bonds is 0. The molecule has 0 amide bonds. The molecule has 15 heavy (non-hydrogen) atoms. The van der Waals surface area contributed by atoms with Gasteiger partial charge in [-0.05, 0) is 29.8 Å². The second kappa shape index (κ2) is 5.00. The Kier molecular flexibility index (Phi) is 3.68. The molecule has 0 bridgehead atoms. The molecule has 0 aliphatic rings. The number of fused-ring (bicyclic) bond motifs is 1. The molecule has 0 aliphatic heterocycles. The van der Waals surface area contributed by atoms with Crippen LogP contribution in [0.25, 0.3) is 10.8 Å². The average Bonchev–Trinajstić information content (AvgIpc) is 2.18. The minimum atomic E-state index is -0.250. The van der Waals surface area contributed by atoms with Crippen molar-refractivity contribution in [2.24, 2.45) is 0 Å². The van der Waals surface area contributed by atoms with Gasteiger partial charge in [0.25, 0.3) is 6.47 Å². The Labute approximate surface area is 88.1 Å². The molecule has 0 saturated carbocycles. The van der Waals surface area contributed by atoms with Gasteiger partial charge in [0.05, 0.1) is 0 Å². The third-order valence-electron chi connectivity index (χ3n) is 2.02. The van der Waals surface area contributed by atoms with Gasteiger partial charge in [-0.2, -0.15) is 0 Å². The summed E-state index contributed by atoms with van der Waals surface area (Å²) in [4.78, 5) is 8.36. The summed E-state index contributed by atoms with van der Waals surface area (Å²) >= 11 is 0. The van der Waals surface area contributed by atoms with Crippen molar-refractivity contribution in [3.63, 3.8) is 0 Å². The Bertz CT molecular complexity index is 429. The lowest BCUT2D eigenvalue weighted by molar-refractivity contribution is -0.122. The van der Waals surface area contributed by atoms with Crippen molar-refractivity contribution in [3.8, 4) is 0 Å². The Morgan fingerprint density at radius 3 is 2.40 bits per heavy atom. The molecule has 0 spiro atoms. The average molecular weight is 203 g/mol. The summed E-state index contributed by atoms with van der Waals surface area (Å²) in [5, 5.41) is 9.35. The first-order valence-corrected chi connectivity index (χ1v) is 4.51. The molecule has 2 aromatic rings. The zero-order valence-electron chi connectivity index (χ0n) is 8.47. The molecular formula is C12H13NO2. The number of nitrogen functional groups attached to an aromatic ring is 1. The zero-order chi connectivity index (χ0) is 11.3. The highest BCUT2D eigenvalue weighted by molar-refractivity contribution is 5.85. The lowest BCUT2D eigenvalue weighted by Crippen LogP contribution is -1.83. The van der Waals surface area contributed by atoms with Gasteiger partial charge >= 0.3 is 0 Å². The van der Waals surface area contributed by atoms with E-state index in [1.807, 2.05) is 18.2 Å². The van der Waals surface area contributed by atoms with E-state index in [4.69, 9.17) is 15.6 Å². The van der Waals surface area contributed by atoms with Crippen LogP contribution in [0.5, 0.6) is 0 Å². The van der Waals surface area contributed by atoms with Gasteiger partial charge in [-0.25, -0.2) is 0 Å². The van der Waals surface area contributed by atoms with Crippen molar-refractivity contribution >= 4 is 22.9 Å².